The number of nitrogens with one attached hydrogen (secondary N) is 1. The van der Waals surface area contributed by atoms with Crippen LogP contribution in [0.25, 0.3) is 0 Å². The molecule has 1 N–H and O–H groups in total. The van der Waals surface area contributed by atoms with Crippen LogP contribution in [-0.2, 0) is 6.54 Å². The van der Waals surface area contributed by atoms with Gasteiger partial charge >= 0.3 is 0 Å². The highest BCUT2D eigenvalue weighted by molar-refractivity contribution is 6.17. The maximum atomic E-state index is 5.79. The van der Waals surface area contributed by atoms with Gasteiger partial charge in [-0.05, 0) is 50.8 Å². The summed E-state index contributed by atoms with van der Waals surface area (Å²) in [4.78, 5) is 0. The summed E-state index contributed by atoms with van der Waals surface area (Å²) in [5.41, 5.74) is 4.23. The fourth-order valence-corrected chi connectivity index (χ4v) is 2.25. The first kappa shape index (κ1) is 13.5. The van der Waals surface area contributed by atoms with Crippen molar-refractivity contribution in [1.29, 1.82) is 0 Å². The molecule has 0 aliphatic rings. The van der Waals surface area contributed by atoms with Gasteiger partial charge in [-0.25, -0.2) is 0 Å². The molecule has 0 aromatic heterocycles. The second kappa shape index (κ2) is 5.70. The van der Waals surface area contributed by atoms with Crippen LogP contribution in [0.5, 0.6) is 0 Å². The van der Waals surface area contributed by atoms with Crippen molar-refractivity contribution in [2.24, 2.45) is 0 Å². The van der Waals surface area contributed by atoms with E-state index < -0.39 is 0 Å². The molecule has 1 rings (SSSR count). The molecule has 0 fully saturated rings. The molecule has 2 heteroatoms. The number of aryl methyl sites for hydroxylation is 2. The van der Waals surface area contributed by atoms with Gasteiger partial charge in [0.25, 0.3) is 0 Å². The molecule has 0 aliphatic heterocycles. The van der Waals surface area contributed by atoms with Crippen molar-refractivity contribution < 1.29 is 0 Å². The Morgan fingerprint density at radius 3 is 2.25 bits per heavy atom. The number of rotatable bonds is 5. The number of benzene rings is 1. The van der Waals surface area contributed by atoms with Gasteiger partial charge in [0.15, 0.2) is 0 Å². The predicted octanol–water partition coefficient (Wildman–Crippen LogP) is 3.80. The van der Waals surface area contributed by atoms with Gasteiger partial charge in [0.1, 0.15) is 0 Å². The topological polar surface area (TPSA) is 12.0 Å². The Labute approximate surface area is 104 Å². The van der Waals surface area contributed by atoms with Gasteiger partial charge in [0.05, 0.1) is 0 Å². The smallest absolute Gasteiger partial charge is 0.0240 e. The minimum atomic E-state index is 0.108. The minimum absolute atomic E-state index is 0.108. The van der Waals surface area contributed by atoms with E-state index in [9.17, 15) is 0 Å². The lowest BCUT2D eigenvalue weighted by molar-refractivity contribution is 0.375. The van der Waals surface area contributed by atoms with Crippen LogP contribution in [0.4, 0.5) is 0 Å². The normalized spacial score (nSPS) is 11.8. The Kier molecular flexibility index (Phi) is 4.82. The Hall–Kier alpha value is -0.530. The summed E-state index contributed by atoms with van der Waals surface area (Å²) < 4.78 is 0. The lowest BCUT2D eigenvalue weighted by Crippen LogP contribution is -2.39. The summed E-state index contributed by atoms with van der Waals surface area (Å²) in [5.74, 6) is 0.701. The zero-order chi connectivity index (χ0) is 12.2. The van der Waals surface area contributed by atoms with E-state index in [2.05, 4.69) is 51.2 Å². The largest absolute Gasteiger partial charge is 0.308 e. The summed E-state index contributed by atoms with van der Waals surface area (Å²) >= 11 is 5.79. The SMILES string of the molecule is Cc1cccc(C)c1CNC(C)(C)CCCl. The van der Waals surface area contributed by atoms with Crippen molar-refractivity contribution in [3.8, 4) is 0 Å². The fraction of sp³-hybridized carbons (Fsp3) is 0.571. The second-order valence-electron chi connectivity index (χ2n) is 5.05. The summed E-state index contributed by atoms with van der Waals surface area (Å²) in [6.45, 7) is 9.64. The molecular formula is C14H22ClN. The lowest BCUT2D eigenvalue weighted by atomic mass is 9.98. The molecule has 1 nitrogen and oxygen atoms in total. The van der Waals surface area contributed by atoms with Crippen LogP contribution >= 0.6 is 11.6 Å². The van der Waals surface area contributed by atoms with Crippen molar-refractivity contribution in [1.82, 2.24) is 5.32 Å². The van der Waals surface area contributed by atoms with Gasteiger partial charge in [0.2, 0.25) is 0 Å². The van der Waals surface area contributed by atoms with Crippen molar-refractivity contribution in [2.75, 3.05) is 5.88 Å². The highest BCUT2D eigenvalue weighted by atomic mass is 35.5. The number of hydrogen-bond acceptors (Lipinski definition) is 1. The third-order valence-corrected chi connectivity index (χ3v) is 3.30. The van der Waals surface area contributed by atoms with Gasteiger partial charge in [0, 0.05) is 18.0 Å². The summed E-state index contributed by atoms with van der Waals surface area (Å²) in [6.07, 6.45) is 0.986. The van der Waals surface area contributed by atoms with E-state index in [0.29, 0.717) is 5.88 Å². The van der Waals surface area contributed by atoms with Gasteiger partial charge in [-0.2, -0.15) is 0 Å². The van der Waals surface area contributed by atoms with Crippen LogP contribution < -0.4 is 5.32 Å². The van der Waals surface area contributed by atoms with Crippen LogP contribution in [0, 0.1) is 13.8 Å². The molecule has 0 saturated carbocycles. The van der Waals surface area contributed by atoms with Crippen LogP contribution in [0.1, 0.15) is 37.0 Å². The Morgan fingerprint density at radius 1 is 1.19 bits per heavy atom. The fourth-order valence-electron chi connectivity index (χ4n) is 1.78. The molecule has 1 aromatic rings. The molecule has 0 aliphatic carbocycles. The Balaban J connectivity index is 2.68. The Bertz CT molecular complexity index is 324. The van der Waals surface area contributed by atoms with E-state index in [1.54, 1.807) is 0 Å². The Morgan fingerprint density at radius 2 is 1.75 bits per heavy atom. The van der Waals surface area contributed by atoms with Crippen molar-refractivity contribution in [2.45, 2.75) is 46.2 Å². The van der Waals surface area contributed by atoms with Gasteiger partial charge < -0.3 is 5.32 Å². The van der Waals surface area contributed by atoms with E-state index >= 15 is 0 Å². The van der Waals surface area contributed by atoms with E-state index in [1.807, 2.05) is 0 Å². The van der Waals surface area contributed by atoms with Crippen molar-refractivity contribution in [3.05, 3.63) is 34.9 Å². The van der Waals surface area contributed by atoms with Crippen LogP contribution in [0.15, 0.2) is 18.2 Å². The molecule has 1 aromatic carbocycles. The monoisotopic (exact) mass is 239 g/mol. The third kappa shape index (κ3) is 3.80. The van der Waals surface area contributed by atoms with Crippen LogP contribution in [-0.4, -0.2) is 11.4 Å². The number of halogens is 1. The number of alkyl halides is 1. The summed E-state index contributed by atoms with van der Waals surface area (Å²) in [6, 6.07) is 6.44. The molecular weight excluding hydrogens is 218 g/mol. The van der Waals surface area contributed by atoms with E-state index in [-0.39, 0.29) is 5.54 Å². The summed E-state index contributed by atoms with van der Waals surface area (Å²) in [7, 11) is 0. The highest BCUT2D eigenvalue weighted by Gasteiger charge is 2.16. The second-order valence-corrected chi connectivity index (χ2v) is 5.42. The maximum absolute atomic E-state index is 5.79. The molecule has 0 radical (unpaired) electrons. The molecule has 0 spiro atoms. The van der Waals surface area contributed by atoms with Gasteiger partial charge in [-0.15, -0.1) is 11.6 Å². The van der Waals surface area contributed by atoms with Crippen LogP contribution in [0.2, 0.25) is 0 Å². The van der Waals surface area contributed by atoms with Crippen molar-refractivity contribution >= 4 is 11.6 Å². The molecule has 90 valence electrons. The van der Waals surface area contributed by atoms with E-state index in [4.69, 9.17) is 11.6 Å². The first-order chi connectivity index (χ1) is 7.46. The third-order valence-electron chi connectivity index (χ3n) is 3.11. The van der Waals surface area contributed by atoms with Gasteiger partial charge in [-0.3, -0.25) is 0 Å². The molecule has 0 bridgehead atoms. The average molecular weight is 240 g/mol. The average Bonchev–Trinajstić information content (AvgIpc) is 2.16. The van der Waals surface area contributed by atoms with E-state index in [0.717, 1.165) is 13.0 Å². The molecule has 0 amide bonds. The zero-order valence-electron chi connectivity index (χ0n) is 10.7. The maximum Gasteiger partial charge on any atom is 0.0240 e. The quantitative estimate of drug-likeness (QED) is 0.771. The van der Waals surface area contributed by atoms with Crippen LogP contribution in [0.3, 0.4) is 0 Å². The lowest BCUT2D eigenvalue weighted by Gasteiger charge is -2.26. The molecule has 0 heterocycles. The standard InChI is InChI=1S/C14H22ClN/c1-11-6-5-7-12(2)13(11)10-16-14(3,4)8-9-15/h5-7,16H,8-10H2,1-4H3. The first-order valence-electron chi connectivity index (χ1n) is 5.82. The van der Waals surface area contributed by atoms with E-state index in [1.165, 1.54) is 16.7 Å². The highest BCUT2D eigenvalue weighted by Crippen LogP contribution is 2.16. The molecule has 0 saturated heterocycles. The molecule has 16 heavy (non-hydrogen) atoms. The van der Waals surface area contributed by atoms with Crippen molar-refractivity contribution in [3.63, 3.8) is 0 Å². The first-order valence-corrected chi connectivity index (χ1v) is 6.36. The molecule has 0 unspecified atom stereocenters. The minimum Gasteiger partial charge on any atom is -0.308 e. The van der Waals surface area contributed by atoms with Gasteiger partial charge in [-0.1, -0.05) is 18.2 Å². The predicted molar refractivity (Wildman–Crippen MR) is 72.2 cm³/mol. The summed E-state index contributed by atoms with van der Waals surface area (Å²) in [5, 5.41) is 3.57. The molecule has 0 atom stereocenters. The zero-order valence-corrected chi connectivity index (χ0v) is 11.5. The number of hydrogen-bond donors (Lipinski definition) is 1.